The van der Waals surface area contributed by atoms with Crippen LogP contribution in [0.5, 0.6) is 0 Å². The molecule has 0 aliphatic rings. The average Bonchev–Trinajstić information content (AvgIpc) is 2.45. The molecule has 1 atom stereocenters. The summed E-state index contributed by atoms with van der Waals surface area (Å²) >= 11 is 3.49. The molecular formula is C15H15BrN2O3. The molecule has 0 heterocycles. The molecule has 21 heavy (non-hydrogen) atoms. The number of carbonyl (C=O) groups excluding carboxylic acids is 1. The molecule has 2 aromatic rings. The molecule has 2 rings (SSSR count). The van der Waals surface area contributed by atoms with Crippen molar-refractivity contribution in [1.29, 1.82) is 0 Å². The Bertz CT molecular complexity index is 688. The minimum atomic E-state index is -1.07. The number of rotatable bonds is 5. The van der Waals surface area contributed by atoms with Crippen molar-refractivity contribution >= 4 is 44.3 Å². The number of anilines is 1. The van der Waals surface area contributed by atoms with Gasteiger partial charge in [-0.05, 0) is 17.5 Å². The van der Waals surface area contributed by atoms with Crippen LogP contribution in [0, 0.1) is 0 Å². The summed E-state index contributed by atoms with van der Waals surface area (Å²) in [5.74, 6) is -1.44. The highest BCUT2D eigenvalue weighted by molar-refractivity contribution is 9.10. The van der Waals surface area contributed by atoms with Gasteiger partial charge in [0.05, 0.1) is 0 Å². The first-order chi connectivity index (χ1) is 9.99. The zero-order valence-corrected chi connectivity index (χ0v) is 13.0. The predicted octanol–water partition coefficient (Wildman–Crippen LogP) is 2.60. The maximum atomic E-state index is 11.1. The van der Waals surface area contributed by atoms with Gasteiger partial charge in [0.2, 0.25) is 5.91 Å². The van der Waals surface area contributed by atoms with E-state index in [4.69, 9.17) is 5.11 Å². The molecule has 0 fully saturated rings. The van der Waals surface area contributed by atoms with Crippen LogP contribution in [0.4, 0.5) is 5.69 Å². The number of carbonyl (C=O) groups is 2. The van der Waals surface area contributed by atoms with E-state index in [-0.39, 0.29) is 12.5 Å². The maximum Gasteiger partial charge on any atom is 0.328 e. The summed E-state index contributed by atoms with van der Waals surface area (Å²) < 4.78 is 0.972. The molecule has 1 unspecified atom stereocenters. The lowest BCUT2D eigenvalue weighted by atomic mass is 10.1. The largest absolute Gasteiger partial charge is 0.480 e. The summed E-state index contributed by atoms with van der Waals surface area (Å²) in [6.07, 6.45) is 0. The molecule has 110 valence electrons. The Morgan fingerprint density at radius 1 is 1.19 bits per heavy atom. The van der Waals surface area contributed by atoms with Gasteiger partial charge in [-0.2, -0.15) is 0 Å². The van der Waals surface area contributed by atoms with Gasteiger partial charge in [-0.15, -0.1) is 0 Å². The van der Waals surface area contributed by atoms with Crippen LogP contribution >= 0.6 is 15.9 Å². The van der Waals surface area contributed by atoms with E-state index in [2.05, 4.69) is 26.6 Å². The first kappa shape index (κ1) is 15.3. The van der Waals surface area contributed by atoms with Gasteiger partial charge in [0.25, 0.3) is 0 Å². The van der Waals surface area contributed by atoms with E-state index in [1.807, 2.05) is 36.4 Å². The molecule has 0 saturated heterocycles. The number of hydrogen-bond acceptors (Lipinski definition) is 3. The topological polar surface area (TPSA) is 78.4 Å². The van der Waals surface area contributed by atoms with Crippen LogP contribution in [-0.4, -0.2) is 29.6 Å². The highest BCUT2D eigenvalue weighted by Gasteiger charge is 2.18. The molecule has 3 N–H and O–H groups in total. The number of amides is 1. The van der Waals surface area contributed by atoms with Crippen LogP contribution in [0.2, 0.25) is 0 Å². The number of aliphatic carboxylic acids is 1. The van der Waals surface area contributed by atoms with Crippen LogP contribution in [0.25, 0.3) is 10.8 Å². The first-order valence-electron chi connectivity index (χ1n) is 6.40. The fourth-order valence-electron chi connectivity index (χ4n) is 2.07. The summed E-state index contributed by atoms with van der Waals surface area (Å²) in [5, 5.41) is 16.6. The fraction of sp³-hybridized carbons (Fsp3) is 0.200. The Balaban J connectivity index is 2.22. The minimum absolute atomic E-state index is 0.112. The molecule has 0 aliphatic carbocycles. The zero-order chi connectivity index (χ0) is 15.4. The highest BCUT2D eigenvalue weighted by atomic mass is 79.9. The van der Waals surface area contributed by atoms with E-state index in [0.29, 0.717) is 0 Å². The van der Waals surface area contributed by atoms with Gasteiger partial charge in [-0.25, -0.2) is 4.79 Å². The summed E-state index contributed by atoms with van der Waals surface area (Å²) in [6, 6.07) is 10.6. The normalized spacial score (nSPS) is 11.9. The van der Waals surface area contributed by atoms with Crippen LogP contribution < -0.4 is 10.6 Å². The quantitative estimate of drug-likeness (QED) is 0.774. The first-order valence-corrected chi connectivity index (χ1v) is 7.19. The van der Waals surface area contributed by atoms with Crippen molar-refractivity contribution in [1.82, 2.24) is 5.32 Å². The van der Waals surface area contributed by atoms with Crippen molar-refractivity contribution in [3.05, 3.63) is 40.9 Å². The molecule has 0 spiro atoms. The summed E-state index contributed by atoms with van der Waals surface area (Å²) in [5.41, 5.74) is 0.824. The van der Waals surface area contributed by atoms with E-state index >= 15 is 0 Å². The average molecular weight is 351 g/mol. The van der Waals surface area contributed by atoms with Crippen LogP contribution in [0.1, 0.15) is 6.92 Å². The SMILES string of the molecule is CC(=O)NC(CNc1ccc(Br)c2ccccc12)C(=O)O. The molecule has 6 heteroatoms. The van der Waals surface area contributed by atoms with Gasteiger partial charge >= 0.3 is 5.97 Å². The number of nitrogens with one attached hydrogen (secondary N) is 2. The van der Waals surface area contributed by atoms with Crippen LogP contribution in [-0.2, 0) is 9.59 Å². The van der Waals surface area contributed by atoms with Crippen LogP contribution in [0.3, 0.4) is 0 Å². The van der Waals surface area contributed by atoms with Gasteiger partial charge in [-0.3, -0.25) is 4.79 Å². The second-order valence-corrected chi connectivity index (χ2v) is 5.47. The van der Waals surface area contributed by atoms with Crippen LogP contribution in [0.15, 0.2) is 40.9 Å². The van der Waals surface area contributed by atoms with Gasteiger partial charge < -0.3 is 15.7 Å². The summed E-state index contributed by atoms with van der Waals surface area (Å²) in [6.45, 7) is 1.41. The molecule has 0 radical (unpaired) electrons. The molecule has 2 aromatic carbocycles. The van der Waals surface area contributed by atoms with Crippen molar-refractivity contribution in [2.45, 2.75) is 13.0 Å². The third-order valence-electron chi connectivity index (χ3n) is 3.04. The molecule has 5 nitrogen and oxygen atoms in total. The van der Waals surface area contributed by atoms with Crippen molar-refractivity contribution in [2.24, 2.45) is 0 Å². The van der Waals surface area contributed by atoms with Crippen molar-refractivity contribution in [3.8, 4) is 0 Å². The third-order valence-corrected chi connectivity index (χ3v) is 3.73. The minimum Gasteiger partial charge on any atom is -0.480 e. The molecule has 0 aliphatic heterocycles. The fourth-order valence-corrected chi connectivity index (χ4v) is 2.55. The van der Waals surface area contributed by atoms with Gasteiger partial charge in [0.15, 0.2) is 0 Å². The lowest BCUT2D eigenvalue weighted by molar-refractivity contribution is -0.141. The number of carboxylic acid groups (broad SMARTS) is 1. The van der Waals surface area contributed by atoms with Crippen molar-refractivity contribution < 1.29 is 14.7 Å². The van der Waals surface area contributed by atoms with Gasteiger partial charge in [-0.1, -0.05) is 40.2 Å². The Hall–Kier alpha value is -2.08. The predicted molar refractivity (Wildman–Crippen MR) is 85.4 cm³/mol. The third kappa shape index (κ3) is 3.72. The molecular weight excluding hydrogens is 336 g/mol. The monoisotopic (exact) mass is 350 g/mol. The molecule has 0 bridgehead atoms. The number of benzene rings is 2. The Morgan fingerprint density at radius 2 is 1.86 bits per heavy atom. The lowest BCUT2D eigenvalue weighted by Gasteiger charge is -2.16. The van der Waals surface area contributed by atoms with E-state index in [1.165, 1.54) is 6.92 Å². The number of halogens is 1. The molecule has 0 saturated carbocycles. The summed E-state index contributed by atoms with van der Waals surface area (Å²) in [4.78, 5) is 22.1. The Morgan fingerprint density at radius 3 is 2.48 bits per heavy atom. The Kier molecular flexibility index (Phi) is 4.80. The smallest absolute Gasteiger partial charge is 0.328 e. The van der Waals surface area contributed by atoms with E-state index in [0.717, 1.165) is 20.9 Å². The van der Waals surface area contributed by atoms with Crippen molar-refractivity contribution in [3.63, 3.8) is 0 Å². The van der Waals surface area contributed by atoms with E-state index in [1.54, 1.807) is 0 Å². The number of fused-ring (bicyclic) bond motifs is 1. The maximum absolute atomic E-state index is 11.1. The molecule has 1 amide bonds. The molecule has 0 aromatic heterocycles. The van der Waals surface area contributed by atoms with E-state index < -0.39 is 12.0 Å². The van der Waals surface area contributed by atoms with Gasteiger partial charge in [0.1, 0.15) is 6.04 Å². The van der Waals surface area contributed by atoms with Crippen molar-refractivity contribution in [2.75, 3.05) is 11.9 Å². The second kappa shape index (κ2) is 6.58. The van der Waals surface area contributed by atoms with E-state index in [9.17, 15) is 9.59 Å². The zero-order valence-electron chi connectivity index (χ0n) is 11.4. The van der Waals surface area contributed by atoms with Gasteiger partial charge in [0, 0.05) is 29.0 Å². The number of hydrogen-bond donors (Lipinski definition) is 3. The Labute approximate surface area is 130 Å². The second-order valence-electron chi connectivity index (χ2n) is 4.61. The standard InChI is InChI=1S/C15H15BrN2O3/c1-9(19)18-14(15(20)21)8-17-13-7-6-12(16)10-4-2-3-5-11(10)13/h2-7,14,17H,8H2,1H3,(H,18,19)(H,20,21). The number of carboxylic acids is 1. The highest BCUT2D eigenvalue weighted by Crippen LogP contribution is 2.29. The summed E-state index contributed by atoms with van der Waals surface area (Å²) in [7, 11) is 0. The lowest BCUT2D eigenvalue weighted by Crippen LogP contribution is -2.44.